The van der Waals surface area contributed by atoms with Crippen molar-refractivity contribution in [2.24, 2.45) is 0 Å². The fraction of sp³-hybridized carbons (Fsp3) is 1.00. The van der Waals surface area contributed by atoms with Crippen LogP contribution in [0.4, 0.5) is 0 Å². The lowest BCUT2D eigenvalue weighted by molar-refractivity contribution is -0.923. The number of hydrogen-bond donors (Lipinski definition) is 1. The summed E-state index contributed by atoms with van der Waals surface area (Å²) in [7, 11) is 7.15. The molecule has 3 nitrogen and oxygen atoms in total. The first-order valence-corrected chi connectivity index (χ1v) is 6.78. The molecule has 1 aliphatic heterocycles. The molecule has 16 heavy (non-hydrogen) atoms. The summed E-state index contributed by atoms with van der Waals surface area (Å²) in [6.45, 7) is 6.13. The van der Waals surface area contributed by atoms with Crippen LogP contribution in [0.3, 0.4) is 0 Å². The van der Waals surface area contributed by atoms with Crippen LogP contribution in [-0.4, -0.2) is 68.8 Å². The van der Waals surface area contributed by atoms with Crippen molar-refractivity contribution in [1.82, 2.24) is 10.2 Å². The highest BCUT2D eigenvalue weighted by Gasteiger charge is 2.46. The Morgan fingerprint density at radius 3 is 2.12 bits per heavy atom. The Balaban J connectivity index is 2.02. The first-order valence-electron chi connectivity index (χ1n) is 6.78. The third-order valence-corrected chi connectivity index (χ3v) is 4.68. The molecule has 1 saturated heterocycles. The van der Waals surface area contributed by atoms with Gasteiger partial charge in [0.1, 0.15) is 5.54 Å². The van der Waals surface area contributed by atoms with Crippen LogP contribution in [0.15, 0.2) is 0 Å². The molecule has 0 aromatic rings. The summed E-state index contributed by atoms with van der Waals surface area (Å²) in [5.41, 5.74) is 0.525. The molecule has 0 amide bonds. The van der Waals surface area contributed by atoms with E-state index in [1.54, 1.807) is 0 Å². The van der Waals surface area contributed by atoms with Gasteiger partial charge in [-0.1, -0.05) is 0 Å². The van der Waals surface area contributed by atoms with Crippen molar-refractivity contribution >= 4 is 0 Å². The van der Waals surface area contributed by atoms with E-state index in [0.717, 1.165) is 4.48 Å². The molecule has 0 unspecified atom stereocenters. The normalized spacial score (nSPS) is 27.2. The topological polar surface area (TPSA) is 15.3 Å². The first-order chi connectivity index (χ1) is 7.54. The van der Waals surface area contributed by atoms with Crippen LogP contribution in [-0.2, 0) is 0 Å². The molecule has 0 radical (unpaired) electrons. The van der Waals surface area contributed by atoms with Gasteiger partial charge in [-0.05, 0) is 12.8 Å². The van der Waals surface area contributed by atoms with Gasteiger partial charge in [0.15, 0.2) is 0 Å². The minimum absolute atomic E-state index is 0.525. The highest BCUT2D eigenvalue weighted by molar-refractivity contribution is 4.90. The smallest absolute Gasteiger partial charge is 0.111 e. The molecular formula is C13H28N3+. The lowest BCUT2D eigenvalue weighted by atomic mass is 9.92. The predicted molar refractivity (Wildman–Crippen MR) is 68.5 cm³/mol. The van der Waals surface area contributed by atoms with Crippen molar-refractivity contribution in [2.45, 2.75) is 31.2 Å². The standard InChI is InChI=1S/C13H28N3/c1-16(2,3)13(6-4-5-7-13)12-15-10-8-14-9-11-15/h14H,4-12H2,1-3H3/q+1. The van der Waals surface area contributed by atoms with E-state index in [4.69, 9.17) is 0 Å². The van der Waals surface area contributed by atoms with E-state index in [1.807, 2.05) is 0 Å². The Labute approximate surface area is 100 Å². The zero-order valence-corrected chi connectivity index (χ0v) is 11.3. The van der Waals surface area contributed by atoms with Crippen molar-refractivity contribution in [2.75, 3.05) is 53.9 Å². The van der Waals surface area contributed by atoms with E-state index >= 15 is 0 Å². The van der Waals surface area contributed by atoms with Gasteiger partial charge in [-0.15, -0.1) is 0 Å². The third-order valence-electron chi connectivity index (χ3n) is 4.68. The average Bonchev–Trinajstić information content (AvgIpc) is 2.68. The van der Waals surface area contributed by atoms with Gasteiger partial charge in [0.2, 0.25) is 0 Å². The molecule has 0 atom stereocenters. The Morgan fingerprint density at radius 1 is 1.06 bits per heavy atom. The number of quaternary nitrogens is 1. The maximum atomic E-state index is 3.44. The summed E-state index contributed by atoms with van der Waals surface area (Å²) in [6.07, 6.45) is 5.70. The summed E-state index contributed by atoms with van der Waals surface area (Å²) in [5, 5.41) is 3.44. The summed E-state index contributed by atoms with van der Waals surface area (Å²) in [5.74, 6) is 0. The molecule has 0 bridgehead atoms. The Kier molecular flexibility index (Phi) is 3.57. The fourth-order valence-electron chi connectivity index (χ4n) is 3.36. The van der Waals surface area contributed by atoms with E-state index in [0.29, 0.717) is 5.54 Å². The number of nitrogens with one attached hydrogen (secondary N) is 1. The van der Waals surface area contributed by atoms with Gasteiger partial charge in [0, 0.05) is 39.0 Å². The number of nitrogens with zero attached hydrogens (tertiary/aromatic N) is 2. The van der Waals surface area contributed by atoms with Gasteiger partial charge in [-0.2, -0.15) is 0 Å². The maximum absolute atomic E-state index is 3.44. The second-order valence-corrected chi connectivity index (χ2v) is 6.47. The number of rotatable bonds is 3. The van der Waals surface area contributed by atoms with Gasteiger partial charge in [0.05, 0.1) is 27.7 Å². The summed E-state index contributed by atoms with van der Waals surface area (Å²) in [4.78, 5) is 2.67. The molecule has 1 heterocycles. The van der Waals surface area contributed by atoms with Crippen molar-refractivity contribution in [3.63, 3.8) is 0 Å². The van der Waals surface area contributed by atoms with Gasteiger partial charge in [-0.25, -0.2) is 0 Å². The average molecular weight is 226 g/mol. The van der Waals surface area contributed by atoms with E-state index in [-0.39, 0.29) is 0 Å². The van der Waals surface area contributed by atoms with Crippen LogP contribution < -0.4 is 5.32 Å². The molecule has 2 aliphatic rings. The van der Waals surface area contributed by atoms with Gasteiger partial charge < -0.3 is 9.80 Å². The number of likely N-dealkylation sites (N-methyl/N-ethyl adjacent to an activating group) is 1. The molecule has 0 aromatic heterocycles. The second-order valence-electron chi connectivity index (χ2n) is 6.47. The maximum Gasteiger partial charge on any atom is 0.111 e. The molecule has 3 heteroatoms. The van der Waals surface area contributed by atoms with Gasteiger partial charge >= 0.3 is 0 Å². The largest absolute Gasteiger partial charge is 0.325 e. The van der Waals surface area contributed by atoms with Crippen molar-refractivity contribution < 1.29 is 4.48 Å². The molecule has 2 fully saturated rings. The lowest BCUT2D eigenvalue weighted by Gasteiger charge is -2.47. The molecule has 94 valence electrons. The van der Waals surface area contributed by atoms with Crippen LogP contribution in [0.5, 0.6) is 0 Å². The van der Waals surface area contributed by atoms with Gasteiger partial charge in [-0.3, -0.25) is 4.90 Å². The molecule has 1 N–H and O–H groups in total. The molecule has 0 spiro atoms. The molecule has 1 saturated carbocycles. The first kappa shape index (κ1) is 12.3. The minimum atomic E-state index is 0.525. The Hall–Kier alpha value is -0.120. The van der Waals surface area contributed by atoms with Gasteiger partial charge in [0.25, 0.3) is 0 Å². The highest BCUT2D eigenvalue weighted by atomic mass is 15.4. The molecule has 0 aromatic carbocycles. The van der Waals surface area contributed by atoms with Crippen molar-refractivity contribution in [3.05, 3.63) is 0 Å². The fourth-order valence-corrected chi connectivity index (χ4v) is 3.36. The minimum Gasteiger partial charge on any atom is -0.325 e. The molecule has 1 aliphatic carbocycles. The third kappa shape index (κ3) is 2.41. The number of hydrogen-bond acceptors (Lipinski definition) is 2. The summed E-state index contributed by atoms with van der Waals surface area (Å²) in [6, 6.07) is 0. The monoisotopic (exact) mass is 226 g/mol. The lowest BCUT2D eigenvalue weighted by Crippen LogP contribution is -2.62. The zero-order chi connectivity index (χ0) is 11.6. The van der Waals surface area contributed by atoms with Crippen LogP contribution in [0, 0.1) is 0 Å². The summed E-state index contributed by atoms with van der Waals surface area (Å²) < 4.78 is 1.14. The van der Waals surface area contributed by atoms with E-state index in [1.165, 1.54) is 58.4 Å². The predicted octanol–water partition coefficient (Wildman–Crippen LogP) is 0.911. The zero-order valence-electron chi connectivity index (χ0n) is 11.3. The van der Waals surface area contributed by atoms with Crippen LogP contribution in [0.2, 0.25) is 0 Å². The number of piperazine rings is 1. The Bertz CT molecular complexity index is 220. The SMILES string of the molecule is C[N+](C)(C)C1(CN2CCNCC2)CCCC1. The Morgan fingerprint density at radius 2 is 1.62 bits per heavy atom. The molecular weight excluding hydrogens is 198 g/mol. The van der Waals surface area contributed by atoms with Crippen molar-refractivity contribution in [3.8, 4) is 0 Å². The van der Waals surface area contributed by atoms with E-state index in [2.05, 4.69) is 31.4 Å². The quantitative estimate of drug-likeness (QED) is 0.720. The summed E-state index contributed by atoms with van der Waals surface area (Å²) >= 11 is 0. The van der Waals surface area contributed by atoms with Crippen LogP contribution in [0.1, 0.15) is 25.7 Å². The molecule has 2 rings (SSSR count). The highest BCUT2D eigenvalue weighted by Crippen LogP contribution is 2.38. The van der Waals surface area contributed by atoms with Crippen LogP contribution in [0.25, 0.3) is 0 Å². The van der Waals surface area contributed by atoms with E-state index in [9.17, 15) is 0 Å². The van der Waals surface area contributed by atoms with Crippen molar-refractivity contribution in [1.29, 1.82) is 0 Å². The van der Waals surface area contributed by atoms with E-state index < -0.39 is 0 Å². The second kappa shape index (κ2) is 4.63. The van der Waals surface area contributed by atoms with Crippen LogP contribution >= 0.6 is 0 Å².